The molecule has 0 radical (unpaired) electrons. The molecule has 0 rings (SSSR count). The molecule has 0 heterocycles. The van der Waals surface area contributed by atoms with Gasteiger partial charge >= 0.3 is 8.74 Å². The maximum absolute atomic E-state index is 12.3. The van der Waals surface area contributed by atoms with E-state index in [9.17, 15) is 8.22 Å². The molecule has 0 aliphatic carbocycles. The molecule has 0 atom stereocenters. The van der Waals surface area contributed by atoms with Crippen molar-refractivity contribution in [3.63, 3.8) is 0 Å². The zero-order valence-electron chi connectivity index (χ0n) is 7.95. The average Bonchev–Trinajstić information content (AvgIpc) is 1.94. The van der Waals surface area contributed by atoms with Crippen LogP contribution in [0.1, 0.15) is 39.0 Å². The van der Waals surface area contributed by atoms with Gasteiger partial charge in [0.25, 0.3) is 0 Å². The highest BCUT2D eigenvalue weighted by atomic mass is 28.4. The lowest BCUT2D eigenvalue weighted by molar-refractivity contribution is 0.637. The van der Waals surface area contributed by atoms with Crippen molar-refractivity contribution < 1.29 is 8.22 Å². The molecule has 0 aromatic heterocycles. The predicted octanol–water partition coefficient (Wildman–Crippen LogP) is 4.06. The van der Waals surface area contributed by atoms with Crippen LogP contribution in [-0.4, -0.2) is 8.74 Å². The van der Waals surface area contributed by atoms with Crippen molar-refractivity contribution in [1.29, 1.82) is 0 Å². The van der Waals surface area contributed by atoms with Gasteiger partial charge in [-0.15, -0.1) is 0 Å². The number of hydrogen-bond donors (Lipinski definition) is 0. The van der Waals surface area contributed by atoms with E-state index in [1.807, 2.05) is 0 Å². The Balaban J connectivity index is 3.25. The summed E-state index contributed by atoms with van der Waals surface area (Å²) in [7, 11) is -3.91. The monoisotopic (exact) mass is 192 g/mol. The van der Waals surface area contributed by atoms with Crippen molar-refractivity contribution >= 4 is 8.74 Å². The lowest BCUT2D eigenvalue weighted by atomic mass is 10.2. The van der Waals surface area contributed by atoms with E-state index in [-0.39, 0.29) is 0 Å². The largest absolute Gasteiger partial charge is 0.445 e. The van der Waals surface area contributed by atoms with Gasteiger partial charge < -0.3 is 0 Å². The van der Waals surface area contributed by atoms with Gasteiger partial charge in [-0.1, -0.05) is 32.3 Å². The van der Waals surface area contributed by atoms with Crippen LogP contribution in [0.2, 0.25) is 6.55 Å². The number of rotatable bonds is 6. The third kappa shape index (κ3) is 9.82. The van der Waals surface area contributed by atoms with Crippen molar-refractivity contribution in [2.45, 2.75) is 45.6 Å². The standard InChI is InChI=1S/C9H18F2Si/c1-3-4-5-6-7-8-9-12(2,10)11/h8-9H,3-7H2,1-2H3/b9-8-. The van der Waals surface area contributed by atoms with Crippen LogP contribution in [0.25, 0.3) is 0 Å². The van der Waals surface area contributed by atoms with Crippen LogP contribution < -0.4 is 0 Å². The summed E-state index contributed by atoms with van der Waals surface area (Å²) >= 11 is 0. The van der Waals surface area contributed by atoms with Crippen molar-refractivity contribution in [3.05, 3.63) is 11.8 Å². The van der Waals surface area contributed by atoms with E-state index in [0.29, 0.717) is 0 Å². The molecule has 12 heavy (non-hydrogen) atoms. The van der Waals surface area contributed by atoms with Gasteiger partial charge in [-0.05, 0) is 25.1 Å². The number of allylic oxidation sites excluding steroid dienone is 1. The van der Waals surface area contributed by atoms with Gasteiger partial charge in [0.05, 0.1) is 0 Å². The third-order valence-corrected chi connectivity index (χ3v) is 2.46. The van der Waals surface area contributed by atoms with Gasteiger partial charge in [-0.2, -0.15) is 0 Å². The maximum atomic E-state index is 12.3. The fourth-order valence-electron chi connectivity index (χ4n) is 0.979. The Morgan fingerprint density at radius 3 is 2.33 bits per heavy atom. The summed E-state index contributed by atoms with van der Waals surface area (Å²) in [6, 6.07) is 0. The molecule has 0 nitrogen and oxygen atoms in total. The van der Waals surface area contributed by atoms with E-state index in [0.717, 1.165) is 31.5 Å². The minimum Gasteiger partial charge on any atom is -0.265 e. The predicted molar refractivity (Wildman–Crippen MR) is 51.7 cm³/mol. The molecule has 0 amide bonds. The molecule has 0 saturated heterocycles. The first-order valence-corrected chi connectivity index (χ1v) is 6.95. The van der Waals surface area contributed by atoms with Crippen LogP contribution in [0.3, 0.4) is 0 Å². The lowest BCUT2D eigenvalue weighted by Gasteiger charge is -1.98. The number of unbranched alkanes of at least 4 members (excludes halogenated alkanes) is 4. The Bertz CT molecular complexity index is 127. The second kappa shape index (κ2) is 6.35. The van der Waals surface area contributed by atoms with E-state index in [2.05, 4.69) is 6.92 Å². The van der Waals surface area contributed by atoms with Crippen molar-refractivity contribution in [1.82, 2.24) is 0 Å². The van der Waals surface area contributed by atoms with E-state index in [1.165, 1.54) is 12.8 Å². The van der Waals surface area contributed by atoms with Crippen molar-refractivity contribution in [2.24, 2.45) is 0 Å². The van der Waals surface area contributed by atoms with Crippen LogP contribution in [0.5, 0.6) is 0 Å². The molecule has 0 unspecified atom stereocenters. The normalized spacial score (nSPS) is 12.7. The minimum absolute atomic E-state index is 0.816. The molecule has 72 valence electrons. The number of halogens is 2. The summed E-state index contributed by atoms with van der Waals surface area (Å²) in [6.45, 7) is 3.19. The van der Waals surface area contributed by atoms with Gasteiger partial charge in [0, 0.05) is 0 Å². The summed E-state index contributed by atoms with van der Waals surface area (Å²) in [5.74, 6) is 0. The van der Waals surface area contributed by atoms with E-state index < -0.39 is 8.74 Å². The quantitative estimate of drug-likeness (QED) is 0.338. The Morgan fingerprint density at radius 2 is 1.83 bits per heavy atom. The Kier molecular flexibility index (Phi) is 6.25. The van der Waals surface area contributed by atoms with Gasteiger partial charge in [0.15, 0.2) is 0 Å². The van der Waals surface area contributed by atoms with Gasteiger partial charge in [0.1, 0.15) is 0 Å². The molecular weight excluding hydrogens is 174 g/mol. The fraction of sp³-hybridized carbons (Fsp3) is 0.778. The van der Waals surface area contributed by atoms with Crippen LogP contribution >= 0.6 is 0 Å². The van der Waals surface area contributed by atoms with E-state index in [4.69, 9.17) is 0 Å². The van der Waals surface area contributed by atoms with Crippen LogP contribution in [-0.2, 0) is 0 Å². The van der Waals surface area contributed by atoms with Gasteiger partial charge in [0.2, 0.25) is 0 Å². The molecule has 0 fully saturated rings. The molecule has 0 aliphatic heterocycles. The zero-order chi connectivity index (χ0) is 9.45. The first kappa shape index (κ1) is 11.8. The summed E-state index contributed by atoms with van der Waals surface area (Å²) in [4.78, 5) is 0. The highest BCUT2D eigenvalue weighted by Gasteiger charge is 2.22. The smallest absolute Gasteiger partial charge is 0.265 e. The summed E-state index contributed by atoms with van der Waals surface area (Å²) in [5, 5.41) is 0. The average molecular weight is 192 g/mol. The highest BCUT2D eigenvalue weighted by molar-refractivity contribution is 6.69. The Hall–Kier alpha value is -0.183. The molecule has 0 aliphatic rings. The Labute approximate surface area is 75.0 Å². The molecule has 0 spiro atoms. The molecular formula is C9H18F2Si. The highest BCUT2D eigenvalue weighted by Crippen LogP contribution is 2.09. The van der Waals surface area contributed by atoms with Gasteiger partial charge in [-0.25, -0.2) is 0 Å². The lowest BCUT2D eigenvalue weighted by Crippen LogP contribution is -2.11. The molecule has 0 aromatic carbocycles. The molecule has 0 saturated carbocycles. The third-order valence-electron chi connectivity index (χ3n) is 1.63. The van der Waals surface area contributed by atoms with Crippen LogP contribution in [0.4, 0.5) is 8.22 Å². The van der Waals surface area contributed by atoms with Crippen LogP contribution in [0.15, 0.2) is 11.8 Å². The van der Waals surface area contributed by atoms with E-state index in [1.54, 1.807) is 6.08 Å². The molecule has 0 bridgehead atoms. The summed E-state index contributed by atoms with van der Waals surface area (Å²) in [6.07, 6.45) is 7.08. The van der Waals surface area contributed by atoms with Gasteiger partial charge in [-0.3, -0.25) is 8.22 Å². The maximum Gasteiger partial charge on any atom is 0.445 e. The topological polar surface area (TPSA) is 0 Å². The second-order valence-electron chi connectivity index (χ2n) is 3.21. The second-order valence-corrected chi connectivity index (χ2v) is 5.45. The molecule has 0 N–H and O–H groups in total. The first-order chi connectivity index (χ1) is 5.56. The molecule has 3 heteroatoms. The fourth-order valence-corrected chi connectivity index (χ4v) is 1.56. The summed E-state index contributed by atoms with van der Waals surface area (Å²) < 4.78 is 24.7. The molecule has 0 aromatic rings. The van der Waals surface area contributed by atoms with Crippen molar-refractivity contribution in [2.75, 3.05) is 0 Å². The Morgan fingerprint density at radius 1 is 1.17 bits per heavy atom. The van der Waals surface area contributed by atoms with Crippen molar-refractivity contribution in [3.8, 4) is 0 Å². The SMILES string of the molecule is CCCCCC/C=C\[Si](C)(F)F. The minimum atomic E-state index is -3.91. The summed E-state index contributed by atoms with van der Waals surface area (Å²) in [5.41, 5.74) is 1.12. The zero-order valence-corrected chi connectivity index (χ0v) is 8.95. The number of hydrogen-bond acceptors (Lipinski definition) is 0. The van der Waals surface area contributed by atoms with Crippen LogP contribution in [0, 0.1) is 0 Å². The van der Waals surface area contributed by atoms with E-state index >= 15 is 0 Å². The first-order valence-electron chi connectivity index (χ1n) is 4.62.